The van der Waals surface area contributed by atoms with Gasteiger partial charge in [0.25, 0.3) is 5.89 Å². The molecule has 1 N–H and O–H groups in total. The van der Waals surface area contributed by atoms with Crippen LogP contribution in [0, 0.1) is 5.82 Å². The topological polar surface area (TPSA) is 76.7 Å². The lowest BCUT2D eigenvalue weighted by atomic mass is 10.1. The minimum absolute atomic E-state index is 0.0219. The van der Waals surface area contributed by atoms with Gasteiger partial charge in [-0.25, -0.2) is 14.4 Å². The molecule has 27 heavy (non-hydrogen) atoms. The van der Waals surface area contributed by atoms with E-state index in [4.69, 9.17) is 11.6 Å². The summed E-state index contributed by atoms with van der Waals surface area (Å²) in [5, 5.41) is 9.47. The van der Waals surface area contributed by atoms with Gasteiger partial charge < -0.3 is 9.73 Å². The molecule has 3 aromatic rings. The van der Waals surface area contributed by atoms with Gasteiger partial charge in [0, 0.05) is 12.4 Å². The Morgan fingerprint density at radius 1 is 1.11 bits per heavy atom. The highest BCUT2D eigenvalue weighted by molar-refractivity contribution is 6.30. The van der Waals surface area contributed by atoms with Crippen LogP contribution in [0.15, 0.2) is 35.0 Å². The smallest absolute Gasteiger partial charge is 0.413 e. The Hall–Kier alpha value is -2.75. The predicted octanol–water partition coefficient (Wildman–Crippen LogP) is 4.44. The summed E-state index contributed by atoms with van der Waals surface area (Å²) in [5.41, 5.74) is 0.499. The quantitative estimate of drug-likeness (QED) is 0.654. The number of rotatable bonds is 4. The van der Waals surface area contributed by atoms with Crippen LogP contribution < -0.4 is 5.32 Å². The fraction of sp³-hybridized carbons (Fsp3) is 0.250. The third-order valence-corrected chi connectivity index (χ3v) is 4.43. The molecule has 0 unspecified atom stereocenters. The number of anilines is 1. The second-order valence-corrected chi connectivity index (χ2v) is 6.45. The van der Waals surface area contributed by atoms with E-state index >= 15 is 0 Å². The first-order valence-electron chi connectivity index (χ1n) is 7.74. The molecule has 1 aliphatic rings. The van der Waals surface area contributed by atoms with Crippen LogP contribution in [0.4, 0.5) is 23.5 Å². The summed E-state index contributed by atoms with van der Waals surface area (Å²) in [5.74, 6) is -2.02. The molecular weight excluding hydrogens is 390 g/mol. The minimum atomic E-state index is -4.72. The first kappa shape index (κ1) is 17.7. The molecule has 1 saturated carbocycles. The summed E-state index contributed by atoms with van der Waals surface area (Å²) in [7, 11) is 0. The SMILES string of the molecule is Fc1ccc(C2(Nc3ncc(-c4nnc(C(F)(F)F)o4)cn3)CC2)cc1Cl. The molecule has 0 bridgehead atoms. The van der Waals surface area contributed by atoms with E-state index in [0.717, 1.165) is 18.4 Å². The largest absolute Gasteiger partial charge is 0.470 e. The molecule has 1 aromatic carbocycles. The first-order chi connectivity index (χ1) is 12.8. The van der Waals surface area contributed by atoms with Gasteiger partial charge in [0.05, 0.1) is 16.1 Å². The van der Waals surface area contributed by atoms with E-state index in [2.05, 4.69) is 29.9 Å². The second-order valence-electron chi connectivity index (χ2n) is 6.04. The van der Waals surface area contributed by atoms with Gasteiger partial charge in [-0.15, -0.1) is 10.2 Å². The Labute approximate surface area is 154 Å². The monoisotopic (exact) mass is 399 g/mol. The standard InChI is InChI=1S/C16H10ClF4N5O/c17-10-5-9(1-2-11(10)18)15(3-4-15)24-14-22-6-8(7-23-14)12-25-26-13(27-12)16(19,20)21/h1-2,5-7H,3-4H2,(H,22,23,24). The third-order valence-electron chi connectivity index (χ3n) is 4.14. The lowest BCUT2D eigenvalue weighted by Crippen LogP contribution is -2.20. The Morgan fingerprint density at radius 3 is 2.37 bits per heavy atom. The van der Waals surface area contributed by atoms with E-state index in [1.165, 1.54) is 18.5 Å². The molecule has 1 fully saturated rings. The molecule has 0 radical (unpaired) electrons. The summed E-state index contributed by atoms with van der Waals surface area (Å²) in [4.78, 5) is 8.16. The van der Waals surface area contributed by atoms with Gasteiger partial charge in [-0.1, -0.05) is 17.7 Å². The van der Waals surface area contributed by atoms with Crippen LogP contribution in [0.2, 0.25) is 5.02 Å². The lowest BCUT2D eigenvalue weighted by molar-refractivity contribution is -0.156. The highest BCUT2D eigenvalue weighted by Crippen LogP contribution is 2.48. The molecule has 0 spiro atoms. The molecular formula is C16H10ClF4N5O. The minimum Gasteiger partial charge on any atom is -0.413 e. The van der Waals surface area contributed by atoms with E-state index in [1.807, 2.05) is 0 Å². The summed E-state index contributed by atoms with van der Waals surface area (Å²) < 4.78 is 55.5. The second kappa shape index (κ2) is 6.15. The van der Waals surface area contributed by atoms with Crippen LogP contribution in [0.3, 0.4) is 0 Å². The molecule has 0 saturated heterocycles. The number of halogens is 5. The summed E-state index contributed by atoms with van der Waals surface area (Å²) >= 11 is 5.84. The lowest BCUT2D eigenvalue weighted by Gasteiger charge is -2.18. The molecule has 2 heterocycles. The molecule has 6 nitrogen and oxygen atoms in total. The van der Waals surface area contributed by atoms with Crippen molar-refractivity contribution in [3.8, 4) is 11.5 Å². The molecule has 2 aromatic heterocycles. The van der Waals surface area contributed by atoms with Crippen molar-refractivity contribution in [3.63, 3.8) is 0 Å². The van der Waals surface area contributed by atoms with Gasteiger partial charge >= 0.3 is 12.1 Å². The Morgan fingerprint density at radius 2 is 1.81 bits per heavy atom. The number of nitrogens with zero attached hydrogens (tertiary/aromatic N) is 4. The van der Waals surface area contributed by atoms with Gasteiger partial charge in [0.15, 0.2) is 0 Å². The van der Waals surface area contributed by atoms with Crippen molar-refractivity contribution in [2.75, 3.05) is 5.32 Å². The summed E-state index contributed by atoms with van der Waals surface area (Å²) in [6, 6.07) is 4.46. The zero-order valence-electron chi connectivity index (χ0n) is 13.4. The fourth-order valence-corrected chi connectivity index (χ4v) is 2.76. The van der Waals surface area contributed by atoms with Crippen molar-refractivity contribution in [1.82, 2.24) is 20.2 Å². The van der Waals surface area contributed by atoms with Crippen LogP contribution in [-0.4, -0.2) is 20.2 Å². The average molecular weight is 400 g/mol. The number of aromatic nitrogens is 4. The maximum Gasteiger partial charge on any atom is 0.470 e. The van der Waals surface area contributed by atoms with Gasteiger partial charge in [-0.2, -0.15) is 13.2 Å². The van der Waals surface area contributed by atoms with Crippen LogP contribution in [-0.2, 0) is 11.7 Å². The molecule has 0 aliphatic heterocycles. The number of hydrogen-bond acceptors (Lipinski definition) is 6. The van der Waals surface area contributed by atoms with Gasteiger partial charge in [0.1, 0.15) is 5.82 Å². The summed E-state index contributed by atoms with van der Waals surface area (Å²) in [6.07, 6.45) is -0.618. The summed E-state index contributed by atoms with van der Waals surface area (Å²) in [6.45, 7) is 0. The highest BCUT2D eigenvalue weighted by Gasteiger charge is 2.45. The number of alkyl halides is 3. The van der Waals surface area contributed by atoms with Crippen LogP contribution >= 0.6 is 11.6 Å². The first-order valence-corrected chi connectivity index (χ1v) is 8.11. The predicted molar refractivity (Wildman–Crippen MR) is 86.3 cm³/mol. The number of hydrogen-bond donors (Lipinski definition) is 1. The van der Waals surface area contributed by atoms with E-state index in [-0.39, 0.29) is 22.4 Å². The van der Waals surface area contributed by atoms with E-state index in [1.54, 1.807) is 12.1 Å². The Kier molecular flexibility index (Phi) is 4.02. The van der Waals surface area contributed by atoms with Crippen molar-refractivity contribution < 1.29 is 22.0 Å². The van der Waals surface area contributed by atoms with Crippen molar-refractivity contribution in [2.45, 2.75) is 24.6 Å². The van der Waals surface area contributed by atoms with Gasteiger partial charge in [-0.3, -0.25) is 0 Å². The molecule has 0 amide bonds. The van der Waals surface area contributed by atoms with Crippen molar-refractivity contribution >= 4 is 17.5 Å². The van der Waals surface area contributed by atoms with Gasteiger partial charge in [-0.05, 0) is 30.5 Å². The molecule has 140 valence electrons. The van der Waals surface area contributed by atoms with Crippen LogP contribution in [0.25, 0.3) is 11.5 Å². The zero-order chi connectivity index (χ0) is 19.2. The fourth-order valence-electron chi connectivity index (χ4n) is 2.58. The molecule has 0 atom stereocenters. The zero-order valence-corrected chi connectivity index (χ0v) is 14.1. The maximum atomic E-state index is 13.3. The molecule has 11 heteroatoms. The van der Waals surface area contributed by atoms with Gasteiger partial charge in [0.2, 0.25) is 5.95 Å². The maximum absolute atomic E-state index is 13.3. The average Bonchev–Trinajstić information content (AvgIpc) is 3.21. The Bertz CT molecular complexity index is 985. The highest BCUT2D eigenvalue weighted by atomic mass is 35.5. The third kappa shape index (κ3) is 3.44. The van der Waals surface area contributed by atoms with E-state index < -0.39 is 23.4 Å². The molecule has 1 aliphatic carbocycles. The van der Waals surface area contributed by atoms with E-state index in [0.29, 0.717) is 0 Å². The van der Waals surface area contributed by atoms with Crippen LogP contribution in [0.1, 0.15) is 24.3 Å². The molecule has 4 rings (SSSR count). The van der Waals surface area contributed by atoms with E-state index in [9.17, 15) is 17.6 Å². The van der Waals surface area contributed by atoms with Crippen molar-refractivity contribution in [1.29, 1.82) is 0 Å². The van der Waals surface area contributed by atoms with Crippen LogP contribution in [0.5, 0.6) is 0 Å². The van der Waals surface area contributed by atoms with Crippen molar-refractivity contribution in [2.24, 2.45) is 0 Å². The Balaban J connectivity index is 1.53. The van der Waals surface area contributed by atoms with Crippen molar-refractivity contribution in [3.05, 3.63) is 52.9 Å². The number of benzene rings is 1. The normalized spacial score (nSPS) is 15.6. The number of nitrogens with one attached hydrogen (secondary N) is 1.